The van der Waals surface area contributed by atoms with Crippen molar-refractivity contribution in [3.63, 3.8) is 0 Å². The van der Waals surface area contributed by atoms with E-state index in [0.29, 0.717) is 6.42 Å². The van der Waals surface area contributed by atoms with Crippen molar-refractivity contribution in [1.29, 1.82) is 0 Å². The van der Waals surface area contributed by atoms with Crippen molar-refractivity contribution < 1.29 is 14.7 Å². The monoisotopic (exact) mass is 200 g/mol. The standard InChI is InChI=1S/C9H16N2O3/c1-2-6(9(13)14)11-8(12)7-4-3-5-10-7/h6-7,10H,2-5H2,1H3,(H,11,12)(H,13,14)/t6-,7+/m0/s1. The van der Waals surface area contributed by atoms with Gasteiger partial charge in [0.05, 0.1) is 6.04 Å². The van der Waals surface area contributed by atoms with E-state index in [0.717, 1.165) is 19.4 Å². The number of hydrogen-bond donors (Lipinski definition) is 3. The largest absolute Gasteiger partial charge is 0.480 e. The molecule has 0 aliphatic carbocycles. The Labute approximate surface area is 82.9 Å². The summed E-state index contributed by atoms with van der Waals surface area (Å²) in [6.07, 6.45) is 2.18. The van der Waals surface area contributed by atoms with Crippen LogP contribution in [0.1, 0.15) is 26.2 Å². The van der Waals surface area contributed by atoms with Crippen LogP contribution >= 0.6 is 0 Å². The van der Waals surface area contributed by atoms with Gasteiger partial charge in [-0.15, -0.1) is 0 Å². The molecule has 14 heavy (non-hydrogen) atoms. The lowest BCUT2D eigenvalue weighted by atomic mass is 10.2. The fraction of sp³-hybridized carbons (Fsp3) is 0.778. The van der Waals surface area contributed by atoms with Gasteiger partial charge in [-0.25, -0.2) is 4.79 Å². The van der Waals surface area contributed by atoms with Crippen LogP contribution in [0, 0.1) is 0 Å². The molecule has 80 valence electrons. The van der Waals surface area contributed by atoms with Crippen LogP contribution in [0.3, 0.4) is 0 Å². The predicted molar refractivity (Wildman–Crippen MR) is 50.9 cm³/mol. The molecule has 2 atom stereocenters. The molecule has 0 bridgehead atoms. The van der Waals surface area contributed by atoms with Crippen LogP contribution in [0.15, 0.2) is 0 Å². The summed E-state index contributed by atoms with van der Waals surface area (Å²) in [4.78, 5) is 22.1. The van der Waals surface area contributed by atoms with Gasteiger partial charge in [0.1, 0.15) is 6.04 Å². The minimum Gasteiger partial charge on any atom is -0.480 e. The summed E-state index contributed by atoms with van der Waals surface area (Å²) in [5.74, 6) is -1.17. The van der Waals surface area contributed by atoms with E-state index in [9.17, 15) is 9.59 Å². The highest BCUT2D eigenvalue weighted by molar-refractivity contribution is 5.87. The minimum absolute atomic E-state index is 0.197. The van der Waals surface area contributed by atoms with Crippen molar-refractivity contribution in [3.8, 4) is 0 Å². The second-order valence-corrected chi connectivity index (χ2v) is 3.46. The number of carboxylic acid groups (broad SMARTS) is 1. The first-order chi connectivity index (χ1) is 6.65. The highest BCUT2D eigenvalue weighted by atomic mass is 16.4. The maximum absolute atomic E-state index is 11.5. The van der Waals surface area contributed by atoms with Crippen LogP contribution in [0.25, 0.3) is 0 Å². The molecule has 0 aromatic carbocycles. The van der Waals surface area contributed by atoms with Gasteiger partial charge in [0.25, 0.3) is 0 Å². The SMILES string of the molecule is CC[C@H](NC(=O)[C@H]1CCCN1)C(=O)O. The summed E-state index contributed by atoms with van der Waals surface area (Å²) >= 11 is 0. The zero-order valence-electron chi connectivity index (χ0n) is 8.25. The Morgan fingerprint density at radius 1 is 1.64 bits per heavy atom. The van der Waals surface area contributed by atoms with E-state index >= 15 is 0 Å². The Balaban J connectivity index is 2.41. The lowest BCUT2D eigenvalue weighted by Gasteiger charge is -2.15. The molecule has 0 spiro atoms. The van der Waals surface area contributed by atoms with Crippen LogP contribution < -0.4 is 10.6 Å². The molecule has 3 N–H and O–H groups in total. The summed E-state index contributed by atoms with van der Waals surface area (Å²) in [6, 6.07) is -0.965. The number of amides is 1. The Morgan fingerprint density at radius 2 is 2.36 bits per heavy atom. The van der Waals surface area contributed by atoms with E-state index < -0.39 is 12.0 Å². The number of aliphatic carboxylic acids is 1. The van der Waals surface area contributed by atoms with Gasteiger partial charge < -0.3 is 15.7 Å². The number of carboxylic acids is 1. The number of rotatable bonds is 4. The molecular weight excluding hydrogens is 184 g/mol. The van der Waals surface area contributed by atoms with Gasteiger partial charge in [0, 0.05) is 0 Å². The van der Waals surface area contributed by atoms with Crippen molar-refractivity contribution in [2.45, 2.75) is 38.3 Å². The average molecular weight is 200 g/mol. The Hall–Kier alpha value is -1.10. The normalized spacial score (nSPS) is 23.1. The topological polar surface area (TPSA) is 78.4 Å². The molecule has 0 aromatic heterocycles. The Bertz CT molecular complexity index is 224. The molecule has 1 heterocycles. The Morgan fingerprint density at radius 3 is 2.79 bits per heavy atom. The van der Waals surface area contributed by atoms with Crippen molar-refractivity contribution in [2.75, 3.05) is 6.54 Å². The highest BCUT2D eigenvalue weighted by Crippen LogP contribution is 2.05. The summed E-state index contributed by atoms with van der Waals surface area (Å²) in [7, 11) is 0. The van der Waals surface area contributed by atoms with Crippen LogP contribution in [0.5, 0.6) is 0 Å². The van der Waals surface area contributed by atoms with E-state index in [1.165, 1.54) is 0 Å². The fourth-order valence-electron chi connectivity index (χ4n) is 1.52. The molecule has 5 nitrogen and oxygen atoms in total. The van der Waals surface area contributed by atoms with Crippen LogP contribution in [-0.2, 0) is 9.59 Å². The van der Waals surface area contributed by atoms with Gasteiger partial charge in [-0.2, -0.15) is 0 Å². The van der Waals surface area contributed by atoms with Crippen LogP contribution in [-0.4, -0.2) is 35.6 Å². The van der Waals surface area contributed by atoms with Gasteiger partial charge in [0.15, 0.2) is 0 Å². The predicted octanol–water partition coefficient (Wildman–Crippen LogP) is -0.282. The van der Waals surface area contributed by atoms with Gasteiger partial charge >= 0.3 is 5.97 Å². The highest BCUT2D eigenvalue weighted by Gasteiger charge is 2.25. The first-order valence-electron chi connectivity index (χ1n) is 4.91. The second-order valence-electron chi connectivity index (χ2n) is 3.46. The third-order valence-electron chi connectivity index (χ3n) is 2.40. The van der Waals surface area contributed by atoms with Crippen molar-refractivity contribution in [3.05, 3.63) is 0 Å². The van der Waals surface area contributed by atoms with Crippen molar-refractivity contribution in [1.82, 2.24) is 10.6 Å². The molecule has 1 amide bonds. The second kappa shape index (κ2) is 4.95. The third kappa shape index (κ3) is 2.70. The molecular formula is C9H16N2O3. The smallest absolute Gasteiger partial charge is 0.326 e. The van der Waals surface area contributed by atoms with E-state index in [2.05, 4.69) is 10.6 Å². The maximum Gasteiger partial charge on any atom is 0.326 e. The molecule has 1 fully saturated rings. The molecule has 0 radical (unpaired) electrons. The van der Waals surface area contributed by atoms with Gasteiger partial charge in [-0.3, -0.25) is 4.79 Å². The average Bonchev–Trinajstić information content (AvgIpc) is 2.65. The van der Waals surface area contributed by atoms with Gasteiger partial charge in [0.2, 0.25) is 5.91 Å². The number of carbonyl (C=O) groups is 2. The molecule has 1 saturated heterocycles. The van der Waals surface area contributed by atoms with E-state index in [1.807, 2.05) is 0 Å². The zero-order valence-corrected chi connectivity index (χ0v) is 8.25. The van der Waals surface area contributed by atoms with Crippen molar-refractivity contribution in [2.24, 2.45) is 0 Å². The Kier molecular flexibility index (Phi) is 3.88. The third-order valence-corrected chi connectivity index (χ3v) is 2.40. The van der Waals surface area contributed by atoms with E-state index in [4.69, 9.17) is 5.11 Å². The van der Waals surface area contributed by atoms with Crippen LogP contribution in [0.2, 0.25) is 0 Å². The van der Waals surface area contributed by atoms with Crippen LogP contribution in [0.4, 0.5) is 0 Å². The summed E-state index contributed by atoms with van der Waals surface area (Å²) in [6.45, 7) is 2.57. The zero-order chi connectivity index (χ0) is 10.6. The molecule has 0 unspecified atom stereocenters. The first-order valence-corrected chi connectivity index (χ1v) is 4.91. The fourth-order valence-corrected chi connectivity index (χ4v) is 1.52. The number of hydrogen-bond acceptors (Lipinski definition) is 3. The quantitative estimate of drug-likeness (QED) is 0.583. The summed E-state index contributed by atoms with van der Waals surface area (Å²) in [5.41, 5.74) is 0. The molecule has 5 heteroatoms. The number of nitrogens with one attached hydrogen (secondary N) is 2. The first kappa shape index (κ1) is 11.0. The van der Waals surface area contributed by atoms with E-state index in [-0.39, 0.29) is 11.9 Å². The summed E-state index contributed by atoms with van der Waals surface area (Å²) < 4.78 is 0. The van der Waals surface area contributed by atoms with Gasteiger partial charge in [-0.05, 0) is 25.8 Å². The number of carbonyl (C=O) groups excluding carboxylic acids is 1. The lowest BCUT2D eigenvalue weighted by Crippen LogP contribution is -2.47. The molecule has 1 aliphatic heterocycles. The lowest BCUT2D eigenvalue weighted by molar-refractivity contribution is -0.142. The van der Waals surface area contributed by atoms with Crippen molar-refractivity contribution >= 4 is 11.9 Å². The molecule has 1 rings (SSSR count). The van der Waals surface area contributed by atoms with Gasteiger partial charge in [-0.1, -0.05) is 6.92 Å². The minimum atomic E-state index is -0.973. The molecule has 1 aliphatic rings. The van der Waals surface area contributed by atoms with E-state index in [1.54, 1.807) is 6.92 Å². The maximum atomic E-state index is 11.5. The summed E-state index contributed by atoms with van der Waals surface area (Å²) in [5, 5.41) is 14.3. The molecule has 0 saturated carbocycles. The molecule has 0 aromatic rings.